The molecule has 20 heavy (non-hydrogen) atoms. The number of methoxy groups -OCH3 is 1. The van der Waals surface area contributed by atoms with Gasteiger partial charge in [0, 0.05) is 12.7 Å². The lowest BCUT2D eigenvalue weighted by molar-refractivity contribution is -0.0459. The Balaban J connectivity index is 2.22. The van der Waals surface area contributed by atoms with Gasteiger partial charge in [0.15, 0.2) is 0 Å². The molecule has 0 radical (unpaired) electrons. The molecule has 0 heterocycles. The molecule has 1 atom stereocenters. The summed E-state index contributed by atoms with van der Waals surface area (Å²) in [5, 5.41) is 11.1. The fraction of sp³-hybridized carbons (Fsp3) is 0.647. The van der Waals surface area contributed by atoms with Crippen LogP contribution in [0.15, 0.2) is 24.3 Å². The largest absolute Gasteiger partial charge is 0.491 e. The van der Waals surface area contributed by atoms with Crippen LogP contribution >= 0.6 is 0 Å². The molecule has 1 N–H and O–H groups in total. The fourth-order valence-electron chi connectivity index (χ4n) is 3.27. The molecule has 0 saturated heterocycles. The molecule has 1 aliphatic carbocycles. The number of ether oxygens (including phenoxy) is 2. The van der Waals surface area contributed by atoms with Gasteiger partial charge in [0.05, 0.1) is 12.2 Å². The van der Waals surface area contributed by atoms with Crippen molar-refractivity contribution >= 4 is 0 Å². The maximum Gasteiger partial charge on any atom is 0.125 e. The molecular weight excluding hydrogens is 252 g/mol. The number of benzene rings is 1. The Morgan fingerprint density at radius 1 is 1.15 bits per heavy atom. The summed E-state index contributed by atoms with van der Waals surface area (Å²) in [6.45, 7) is 5.52. The second-order valence-electron chi connectivity index (χ2n) is 6.56. The minimum absolute atomic E-state index is 0.173. The highest BCUT2D eigenvalue weighted by Crippen LogP contribution is 2.48. The summed E-state index contributed by atoms with van der Waals surface area (Å²) in [5.74, 6) is 0.782. The van der Waals surface area contributed by atoms with Crippen LogP contribution in [0.3, 0.4) is 0 Å². The van der Waals surface area contributed by atoms with Crippen LogP contribution in [0, 0.1) is 5.41 Å². The minimum atomic E-state index is -0.772. The maximum absolute atomic E-state index is 11.1. The van der Waals surface area contributed by atoms with Crippen molar-refractivity contribution in [2.45, 2.75) is 45.1 Å². The second-order valence-corrected chi connectivity index (χ2v) is 6.56. The molecule has 112 valence electrons. The Morgan fingerprint density at radius 3 is 2.60 bits per heavy atom. The number of para-hydroxylation sites is 1. The Labute approximate surface area is 121 Å². The van der Waals surface area contributed by atoms with Crippen molar-refractivity contribution in [2.75, 3.05) is 20.3 Å². The summed E-state index contributed by atoms with van der Waals surface area (Å²) in [6.07, 6.45) is 3.81. The van der Waals surface area contributed by atoms with Gasteiger partial charge < -0.3 is 14.6 Å². The summed E-state index contributed by atoms with van der Waals surface area (Å²) in [5.41, 5.74) is 0.321. The quantitative estimate of drug-likeness (QED) is 0.838. The molecule has 1 saturated carbocycles. The zero-order valence-electron chi connectivity index (χ0n) is 12.8. The Morgan fingerprint density at radius 2 is 1.90 bits per heavy atom. The van der Waals surface area contributed by atoms with Crippen LogP contribution in [-0.4, -0.2) is 25.4 Å². The normalized spacial score (nSPS) is 25.4. The van der Waals surface area contributed by atoms with Gasteiger partial charge in [-0.3, -0.25) is 0 Å². The van der Waals surface area contributed by atoms with Gasteiger partial charge in [-0.05, 0) is 37.2 Å². The van der Waals surface area contributed by atoms with E-state index in [0.29, 0.717) is 13.2 Å². The van der Waals surface area contributed by atoms with Crippen molar-refractivity contribution < 1.29 is 14.6 Å². The standard InChI is InChI=1S/C17H26O3/c1-16(2)9-6-10-17(18,13-16)14-7-4-5-8-15(14)20-12-11-19-3/h4-5,7-8,18H,6,9-13H2,1-3H3. The molecule has 0 aromatic heterocycles. The van der Waals surface area contributed by atoms with Crippen LogP contribution in [-0.2, 0) is 10.3 Å². The summed E-state index contributed by atoms with van der Waals surface area (Å²) in [4.78, 5) is 0. The highest BCUT2D eigenvalue weighted by atomic mass is 16.5. The molecule has 3 nitrogen and oxygen atoms in total. The van der Waals surface area contributed by atoms with Crippen LogP contribution in [0.1, 0.15) is 45.1 Å². The predicted octanol–water partition coefficient (Wildman–Crippen LogP) is 3.50. The van der Waals surface area contributed by atoms with Crippen molar-refractivity contribution in [3.63, 3.8) is 0 Å². The van der Waals surface area contributed by atoms with Crippen molar-refractivity contribution in [3.05, 3.63) is 29.8 Å². The van der Waals surface area contributed by atoms with Crippen LogP contribution in [0.4, 0.5) is 0 Å². The molecule has 0 spiro atoms. The molecule has 3 heteroatoms. The minimum Gasteiger partial charge on any atom is -0.491 e. The first-order valence-corrected chi connectivity index (χ1v) is 7.40. The second kappa shape index (κ2) is 6.15. The van der Waals surface area contributed by atoms with E-state index in [-0.39, 0.29) is 5.41 Å². The highest BCUT2D eigenvalue weighted by molar-refractivity contribution is 5.38. The lowest BCUT2D eigenvalue weighted by Gasteiger charge is -2.42. The van der Waals surface area contributed by atoms with E-state index in [0.717, 1.165) is 30.6 Å². The van der Waals surface area contributed by atoms with Gasteiger partial charge in [0.2, 0.25) is 0 Å². The summed E-state index contributed by atoms with van der Waals surface area (Å²) in [6, 6.07) is 7.84. The lowest BCUT2D eigenvalue weighted by atomic mass is 9.67. The van der Waals surface area contributed by atoms with E-state index < -0.39 is 5.60 Å². The number of hydrogen-bond acceptors (Lipinski definition) is 3. The summed E-state index contributed by atoms with van der Waals surface area (Å²) >= 11 is 0. The van der Waals surface area contributed by atoms with E-state index in [1.807, 2.05) is 24.3 Å². The van der Waals surface area contributed by atoms with E-state index in [4.69, 9.17) is 9.47 Å². The lowest BCUT2D eigenvalue weighted by Crippen LogP contribution is -2.37. The molecular formula is C17H26O3. The van der Waals surface area contributed by atoms with Gasteiger partial charge in [-0.1, -0.05) is 32.0 Å². The monoisotopic (exact) mass is 278 g/mol. The van der Waals surface area contributed by atoms with E-state index in [1.54, 1.807) is 7.11 Å². The SMILES string of the molecule is COCCOc1ccccc1C1(O)CCCC(C)(C)C1. The van der Waals surface area contributed by atoms with Gasteiger partial charge in [-0.15, -0.1) is 0 Å². The highest BCUT2D eigenvalue weighted by Gasteiger charge is 2.41. The van der Waals surface area contributed by atoms with Crippen molar-refractivity contribution in [1.82, 2.24) is 0 Å². The first-order chi connectivity index (χ1) is 9.47. The molecule has 2 rings (SSSR count). The fourth-order valence-corrected chi connectivity index (χ4v) is 3.27. The van der Waals surface area contributed by atoms with Crippen LogP contribution < -0.4 is 4.74 Å². The molecule has 1 unspecified atom stereocenters. The number of aliphatic hydroxyl groups is 1. The predicted molar refractivity (Wildman–Crippen MR) is 80.0 cm³/mol. The average molecular weight is 278 g/mol. The zero-order chi connectivity index (χ0) is 14.6. The van der Waals surface area contributed by atoms with Gasteiger partial charge in [0.1, 0.15) is 12.4 Å². The summed E-state index contributed by atoms with van der Waals surface area (Å²) in [7, 11) is 1.66. The molecule has 0 aliphatic heterocycles. The van der Waals surface area contributed by atoms with Crippen molar-refractivity contribution in [2.24, 2.45) is 5.41 Å². The Kier molecular flexibility index (Phi) is 4.71. The van der Waals surface area contributed by atoms with Crippen LogP contribution in [0.2, 0.25) is 0 Å². The van der Waals surface area contributed by atoms with E-state index >= 15 is 0 Å². The average Bonchev–Trinajstić information content (AvgIpc) is 2.38. The topological polar surface area (TPSA) is 38.7 Å². The van der Waals surface area contributed by atoms with E-state index in [2.05, 4.69) is 13.8 Å². The Hall–Kier alpha value is -1.06. The number of hydrogen-bond donors (Lipinski definition) is 1. The van der Waals surface area contributed by atoms with Gasteiger partial charge >= 0.3 is 0 Å². The Bertz CT molecular complexity index is 442. The molecule has 1 aliphatic rings. The third-order valence-corrected chi connectivity index (χ3v) is 4.15. The maximum atomic E-state index is 11.1. The molecule has 0 bridgehead atoms. The molecule has 1 aromatic carbocycles. The zero-order valence-corrected chi connectivity index (χ0v) is 12.8. The first kappa shape index (κ1) is 15.3. The smallest absolute Gasteiger partial charge is 0.125 e. The van der Waals surface area contributed by atoms with Crippen molar-refractivity contribution in [3.8, 4) is 5.75 Å². The van der Waals surface area contributed by atoms with Gasteiger partial charge in [0.25, 0.3) is 0 Å². The third kappa shape index (κ3) is 3.53. The van der Waals surface area contributed by atoms with Crippen LogP contribution in [0.5, 0.6) is 5.75 Å². The van der Waals surface area contributed by atoms with Crippen molar-refractivity contribution in [1.29, 1.82) is 0 Å². The number of rotatable bonds is 5. The van der Waals surface area contributed by atoms with E-state index in [1.165, 1.54) is 6.42 Å². The molecule has 1 aromatic rings. The first-order valence-electron chi connectivity index (χ1n) is 7.40. The van der Waals surface area contributed by atoms with Gasteiger partial charge in [-0.2, -0.15) is 0 Å². The van der Waals surface area contributed by atoms with Crippen LogP contribution in [0.25, 0.3) is 0 Å². The van der Waals surface area contributed by atoms with Gasteiger partial charge in [-0.25, -0.2) is 0 Å². The third-order valence-electron chi connectivity index (χ3n) is 4.15. The molecule has 1 fully saturated rings. The summed E-state index contributed by atoms with van der Waals surface area (Å²) < 4.78 is 10.8. The van der Waals surface area contributed by atoms with E-state index in [9.17, 15) is 5.11 Å². The molecule has 0 amide bonds.